The number of carbonyl (C=O) groups is 1. The minimum atomic E-state index is -0.970. The summed E-state index contributed by atoms with van der Waals surface area (Å²) in [6.45, 7) is 3.19. The zero-order valence-electron chi connectivity index (χ0n) is 8.62. The van der Waals surface area contributed by atoms with E-state index in [1.165, 1.54) is 0 Å². The summed E-state index contributed by atoms with van der Waals surface area (Å²) in [5.74, 6) is 0.126. The SMILES string of the molecule is Cc1[nH]c(C2CCOCC2)nc1C(=O)O. The summed E-state index contributed by atoms with van der Waals surface area (Å²) in [5.41, 5.74) is 0.764. The maximum Gasteiger partial charge on any atom is 0.356 e. The summed E-state index contributed by atoms with van der Waals surface area (Å²) in [7, 11) is 0. The molecule has 0 aliphatic carbocycles. The molecule has 1 fully saturated rings. The highest BCUT2D eigenvalue weighted by Crippen LogP contribution is 2.25. The van der Waals surface area contributed by atoms with E-state index in [2.05, 4.69) is 9.97 Å². The van der Waals surface area contributed by atoms with E-state index in [4.69, 9.17) is 9.84 Å². The van der Waals surface area contributed by atoms with Crippen LogP contribution in [-0.4, -0.2) is 34.3 Å². The monoisotopic (exact) mass is 210 g/mol. The third-order valence-corrected chi connectivity index (χ3v) is 2.71. The lowest BCUT2D eigenvalue weighted by Gasteiger charge is -2.19. The average molecular weight is 210 g/mol. The van der Waals surface area contributed by atoms with Crippen LogP contribution in [0.4, 0.5) is 0 Å². The Morgan fingerprint density at radius 2 is 2.20 bits per heavy atom. The first-order valence-corrected chi connectivity index (χ1v) is 5.06. The Morgan fingerprint density at radius 3 is 2.73 bits per heavy atom. The minimum Gasteiger partial charge on any atom is -0.476 e. The van der Waals surface area contributed by atoms with Gasteiger partial charge in [0.2, 0.25) is 0 Å². The van der Waals surface area contributed by atoms with E-state index in [9.17, 15) is 4.79 Å². The molecule has 82 valence electrons. The highest BCUT2D eigenvalue weighted by Gasteiger charge is 2.22. The number of carboxylic acid groups (broad SMARTS) is 1. The smallest absolute Gasteiger partial charge is 0.356 e. The third-order valence-electron chi connectivity index (χ3n) is 2.71. The first-order chi connectivity index (χ1) is 7.18. The summed E-state index contributed by atoms with van der Waals surface area (Å²) in [4.78, 5) is 18.0. The second-order valence-corrected chi connectivity index (χ2v) is 3.79. The average Bonchev–Trinajstić information content (AvgIpc) is 2.62. The van der Waals surface area contributed by atoms with Gasteiger partial charge < -0.3 is 14.8 Å². The molecule has 1 aromatic rings. The van der Waals surface area contributed by atoms with E-state index < -0.39 is 5.97 Å². The standard InChI is InChI=1S/C10H14N2O3/c1-6-8(10(13)14)12-9(11-6)7-2-4-15-5-3-7/h7H,2-5H2,1H3,(H,11,12)(H,13,14). The number of aryl methyl sites for hydroxylation is 1. The van der Waals surface area contributed by atoms with Crippen LogP contribution in [0.5, 0.6) is 0 Å². The van der Waals surface area contributed by atoms with Gasteiger partial charge in [-0.05, 0) is 19.8 Å². The Bertz CT molecular complexity index is 367. The van der Waals surface area contributed by atoms with Crippen LogP contribution in [-0.2, 0) is 4.74 Å². The van der Waals surface area contributed by atoms with Gasteiger partial charge in [0.15, 0.2) is 5.69 Å². The molecule has 0 radical (unpaired) electrons. The van der Waals surface area contributed by atoms with Crippen molar-refractivity contribution in [2.75, 3.05) is 13.2 Å². The van der Waals surface area contributed by atoms with Gasteiger partial charge in [0, 0.05) is 24.8 Å². The second kappa shape index (κ2) is 4.02. The van der Waals surface area contributed by atoms with Crippen LogP contribution in [0.1, 0.15) is 40.8 Å². The molecule has 0 unspecified atom stereocenters. The fourth-order valence-corrected chi connectivity index (χ4v) is 1.86. The van der Waals surface area contributed by atoms with Crippen molar-refractivity contribution >= 4 is 5.97 Å². The molecule has 1 aromatic heterocycles. The van der Waals surface area contributed by atoms with E-state index in [1.807, 2.05) is 0 Å². The van der Waals surface area contributed by atoms with Gasteiger partial charge in [-0.25, -0.2) is 9.78 Å². The van der Waals surface area contributed by atoms with Crippen molar-refractivity contribution in [3.8, 4) is 0 Å². The van der Waals surface area contributed by atoms with Crippen molar-refractivity contribution in [1.29, 1.82) is 0 Å². The second-order valence-electron chi connectivity index (χ2n) is 3.79. The lowest BCUT2D eigenvalue weighted by atomic mass is 10.00. The molecule has 0 bridgehead atoms. The van der Waals surface area contributed by atoms with E-state index >= 15 is 0 Å². The number of ether oxygens (including phenoxy) is 1. The topological polar surface area (TPSA) is 75.2 Å². The molecule has 2 N–H and O–H groups in total. The molecule has 2 rings (SSSR count). The summed E-state index contributed by atoms with van der Waals surface area (Å²) in [5, 5.41) is 8.87. The van der Waals surface area contributed by atoms with Crippen LogP contribution in [0.2, 0.25) is 0 Å². The minimum absolute atomic E-state index is 0.136. The van der Waals surface area contributed by atoms with Gasteiger partial charge in [-0.2, -0.15) is 0 Å². The van der Waals surface area contributed by atoms with E-state index in [0.717, 1.165) is 31.9 Å². The van der Waals surface area contributed by atoms with Crippen LogP contribution in [0.25, 0.3) is 0 Å². The van der Waals surface area contributed by atoms with Crippen LogP contribution >= 0.6 is 0 Å². The molecule has 0 atom stereocenters. The van der Waals surface area contributed by atoms with E-state index in [-0.39, 0.29) is 5.69 Å². The number of hydrogen-bond acceptors (Lipinski definition) is 3. The number of aromatic amines is 1. The summed E-state index contributed by atoms with van der Waals surface area (Å²) < 4.78 is 5.25. The Hall–Kier alpha value is -1.36. The Morgan fingerprint density at radius 1 is 1.53 bits per heavy atom. The number of imidazole rings is 1. The van der Waals surface area contributed by atoms with E-state index in [1.54, 1.807) is 6.92 Å². The van der Waals surface area contributed by atoms with Gasteiger partial charge in [0.05, 0.1) is 0 Å². The number of nitrogens with zero attached hydrogens (tertiary/aromatic N) is 1. The molecular weight excluding hydrogens is 196 g/mol. The van der Waals surface area contributed by atoms with Gasteiger partial charge in [0.1, 0.15) is 5.82 Å². The molecule has 2 heterocycles. The van der Waals surface area contributed by atoms with E-state index in [0.29, 0.717) is 11.6 Å². The maximum absolute atomic E-state index is 10.8. The largest absolute Gasteiger partial charge is 0.476 e. The fraction of sp³-hybridized carbons (Fsp3) is 0.600. The van der Waals surface area contributed by atoms with Crippen molar-refractivity contribution in [1.82, 2.24) is 9.97 Å². The summed E-state index contributed by atoms with van der Waals surface area (Å²) >= 11 is 0. The number of nitrogens with one attached hydrogen (secondary N) is 1. The highest BCUT2D eigenvalue weighted by atomic mass is 16.5. The van der Waals surface area contributed by atoms with Crippen LogP contribution in [0.3, 0.4) is 0 Å². The predicted octanol–water partition coefficient (Wildman–Crippen LogP) is 1.31. The van der Waals surface area contributed by atoms with Crippen molar-refractivity contribution in [3.05, 3.63) is 17.2 Å². The number of hydrogen-bond donors (Lipinski definition) is 2. The van der Waals surface area contributed by atoms with Gasteiger partial charge in [-0.15, -0.1) is 0 Å². The molecule has 5 heteroatoms. The number of carboxylic acids is 1. The Kier molecular flexibility index (Phi) is 2.73. The highest BCUT2D eigenvalue weighted by molar-refractivity contribution is 5.86. The molecule has 0 spiro atoms. The predicted molar refractivity (Wildman–Crippen MR) is 53.1 cm³/mol. The maximum atomic E-state index is 10.8. The zero-order chi connectivity index (χ0) is 10.8. The summed E-state index contributed by atoms with van der Waals surface area (Å²) in [6.07, 6.45) is 1.82. The molecular formula is C10H14N2O3. The number of aromatic carboxylic acids is 1. The molecule has 1 aliphatic heterocycles. The van der Waals surface area contributed by atoms with Gasteiger partial charge in [0.25, 0.3) is 0 Å². The van der Waals surface area contributed by atoms with Gasteiger partial charge >= 0.3 is 5.97 Å². The van der Waals surface area contributed by atoms with Gasteiger partial charge in [-0.3, -0.25) is 0 Å². The number of rotatable bonds is 2. The van der Waals surface area contributed by atoms with Crippen LogP contribution < -0.4 is 0 Å². The van der Waals surface area contributed by atoms with Gasteiger partial charge in [-0.1, -0.05) is 0 Å². The number of aromatic nitrogens is 2. The fourth-order valence-electron chi connectivity index (χ4n) is 1.86. The molecule has 1 saturated heterocycles. The lowest BCUT2D eigenvalue weighted by Crippen LogP contribution is -2.15. The Labute approximate surface area is 87.5 Å². The zero-order valence-corrected chi connectivity index (χ0v) is 8.62. The summed E-state index contributed by atoms with van der Waals surface area (Å²) in [6, 6.07) is 0. The molecule has 1 aliphatic rings. The molecule has 5 nitrogen and oxygen atoms in total. The first kappa shape index (κ1) is 10.2. The number of H-pyrrole nitrogens is 1. The Balaban J connectivity index is 2.21. The normalized spacial score (nSPS) is 17.9. The van der Waals surface area contributed by atoms with Crippen LogP contribution in [0.15, 0.2) is 0 Å². The third kappa shape index (κ3) is 2.02. The molecule has 0 amide bonds. The molecule has 0 aromatic carbocycles. The molecule has 15 heavy (non-hydrogen) atoms. The lowest BCUT2D eigenvalue weighted by molar-refractivity contribution is 0.0689. The quantitative estimate of drug-likeness (QED) is 0.771. The van der Waals surface area contributed by atoms with Crippen LogP contribution in [0, 0.1) is 6.92 Å². The molecule has 0 saturated carbocycles. The van der Waals surface area contributed by atoms with Crippen molar-refractivity contribution in [2.45, 2.75) is 25.7 Å². The first-order valence-electron chi connectivity index (χ1n) is 5.06. The van der Waals surface area contributed by atoms with Crippen molar-refractivity contribution in [2.24, 2.45) is 0 Å². The van der Waals surface area contributed by atoms with Crippen molar-refractivity contribution < 1.29 is 14.6 Å². The van der Waals surface area contributed by atoms with Crippen molar-refractivity contribution in [3.63, 3.8) is 0 Å².